The number of carbonyl (C=O) groups is 2. The summed E-state index contributed by atoms with van der Waals surface area (Å²) >= 11 is 0. The zero-order valence-corrected chi connectivity index (χ0v) is 17.7. The Morgan fingerprint density at radius 1 is 0.886 bits per heavy atom. The van der Waals surface area contributed by atoms with Gasteiger partial charge in [0.25, 0.3) is 0 Å². The number of hydrogen-bond acceptors (Lipinski definition) is 5. The molecule has 2 aliphatic heterocycles. The highest BCUT2D eigenvalue weighted by atomic mass is 19.4. The van der Waals surface area contributed by atoms with E-state index in [0.29, 0.717) is 18.0 Å². The standard InChI is InChI=1S/C18H17N3.2C2HF3O2/c19-11-12-5-7-13(8-6-12)17-15-9-10-20-18(15)14-3-1-2-4-16(14)21-17;2*3-2(4,5)1(6)7/h1-8,15,17-18,20-21H,9-10H2;2*(H,6,7)/t15-,17+,18+;;/m1../s1. The first-order valence-corrected chi connectivity index (χ1v) is 9.94. The zero-order chi connectivity index (χ0) is 26.4. The van der Waals surface area contributed by atoms with Gasteiger partial charge in [0.15, 0.2) is 0 Å². The number of benzene rings is 2. The molecule has 2 aromatic carbocycles. The number of halogens is 6. The van der Waals surface area contributed by atoms with Gasteiger partial charge in [0, 0.05) is 17.6 Å². The van der Waals surface area contributed by atoms with E-state index in [2.05, 4.69) is 53.1 Å². The highest BCUT2D eigenvalue weighted by Crippen LogP contribution is 2.46. The van der Waals surface area contributed by atoms with Gasteiger partial charge in [-0.2, -0.15) is 31.6 Å². The van der Waals surface area contributed by atoms with Crippen LogP contribution in [-0.4, -0.2) is 41.0 Å². The summed E-state index contributed by atoms with van der Waals surface area (Å²) in [7, 11) is 0. The number of rotatable bonds is 1. The molecule has 4 rings (SSSR count). The van der Waals surface area contributed by atoms with Crippen LogP contribution in [0, 0.1) is 17.2 Å². The molecule has 3 atom stereocenters. The smallest absolute Gasteiger partial charge is 0.475 e. The van der Waals surface area contributed by atoms with Crippen LogP contribution >= 0.6 is 0 Å². The van der Waals surface area contributed by atoms with Crippen molar-refractivity contribution in [3.05, 3.63) is 65.2 Å². The van der Waals surface area contributed by atoms with E-state index < -0.39 is 24.3 Å². The lowest BCUT2D eigenvalue weighted by atomic mass is 9.80. The Labute approximate surface area is 195 Å². The quantitative estimate of drug-likeness (QED) is 0.418. The van der Waals surface area contributed by atoms with Crippen molar-refractivity contribution < 1.29 is 46.1 Å². The fraction of sp³-hybridized carbons (Fsp3) is 0.318. The molecule has 2 heterocycles. The summed E-state index contributed by atoms with van der Waals surface area (Å²) in [4.78, 5) is 17.8. The fourth-order valence-electron chi connectivity index (χ4n) is 3.69. The third kappa shape index (κ3) is 7.35. The van der Waals surface area contributed by atoms with Gasteiger partial charge in [0.05, 0.1) is 17.7 Å². The third-order valence-electron chi connectivity index (χ3n) is 5.19. The molecule has 2 aliphatic rings. The summed E-state index contributed by atoms with van der Waals surface area (Å²) in [5.74, 6) is -4.95. The Morgan fingerprint density at radius 3 is 1.89 bits per heavy atom. The van der Waals surface area contributed by atoms with Crippen molar-refractivity contribution in [2.75, 3.05) is 11.9 Å². The maximum absolute atomic E-state index is 10.6. The van der Waals surface area contributed by atoms with Crippen molar-refractivity contribution in [2.45, 2.75) is 30.9 Å². The first kappa shape index (κ1) is 27.5. The van der Waals surface area contributed by atoms with Crippen molar-refractivity contribution >= 4 is 17.6 Å². The highest BCUT2D eigenvalue weighted by Gasteiger charge is 2.40. The lowest BCUT2D eigenvalue weighted by Crippen LogP contribution is -2.32. The maximum atomic E-state index is 10.6. The third-order valence-corrected chi connectivity index (χ3v) is 5.19. The molecular formula is C22H19F6N3O4. The van der Waals surface area contributed by atoms with Gasteiger partial charge >= 0.3 is 24.3 Å². The van der Waals surface area contributed by atoms with Gasteiger partial charge in [-0.25, -0.2) is 9.59 Å². The molecule has 0 unspecified atom stereocenters. The first-order chi connectivity index (χ1) is 16.3. The van der Waals surface area contributed by atoms with Crippen LogP contribution in [0.5, 0.6) is 0 Å². The van der Waals surface area contributed by atoms with E-state index in [-0.39, 0.29) is 0 Å². The van der Waals surface area contributed by atoms with Crippen molar-refractivity contribution in [2.24, 2.45) is 5.92 Å². The molecule has 0 spiro atoms. The van der Waals surface area contributed by atoms with E-state index in [4.69, 9.17) is 25.1 Å². The van der Waals surface area contributed by atoms with Crippen LogP contribution in [0.1, 0.15) is 35.2 Å². The van der Waals surface area contributed by atoms with Crippen LogP contribution in [0.4, 0.5) is 32.0 Å². The van der Waals surface area contributed by atoms with Gasteiger partial charge in [-0.3, -0.25) is 0 Å². The van der Waals surface area contributed by atoms with Crippen LogP contribution < -0.4 is 10.6 Å². The Hall–Kier alpha value is -3.79. The summed E-state index contributed by atoms with van der Waals surface area (Å²) in [6.45, 7) is 1.07. The summed E-state index contributed by atoms with van der Waals surface area (Å²) in [6.07, 6.45) is -8.99. The molecule has 2 aromatic rings. The lowest BCUT2D eigenvalue weighted by Gasteiger charge is -2.37. The van der Waals surface area contributed by atoms with Gasteiger partial charge in [-0.1, -0.05) is 30.3 Å². The number of alkyl halides is 6. The largest absolute Gasteiger partial charge is 0.490 e. The molecule has 0 radical (unpaired) electrons. The molecule has 1 fully saturated rings. The molecule has 7 nitrogen and oxygen atoms in total. The SMILES string of the molecule is N#Cc1ccc([C@@H]2Nc3ccccc3[C@@H]3NCC[C@H]23)cc1.O=C(O)C(F)(F)F.O=C(O)C(F)(F)F. The van der Waals surface area contributed by atoms with Gasteiger partial charge in [0.2, 0.25) is 0 Å². The monoisotopic (exact) mass is 503 g/mol. The predicted molar refractivity (Wildman–Crippen MR) is 110 cm³/mol. The minimum Gasteiger partial charge on any atom is -0.475 e. The average molecular weight is 503 g/mol. The predicted octanol–water partition coefficient (Wildman–Crippen LogP) is 4.64. The van der Waals surface area contributed by atoms with E-state index in [9.17, 15) is 26.3 Å². The van der Waals surface area contributed by atoms with Crippen LogP contribution in [-0.2, 0) is 9.59 Å². The number of para-hydroxylation sites is 1. The molecular weight excluding hydrogens is 484 g/mol. The number of nitrogens with one attached hydrogen (secondary N) is 2. The fourth-order valence-corrected chi connectivity index (χ4v) is 3.69. The number of nitriles is 1. The second kappa shape index (κ2) is 11.1. The molecule has 35 heavy (non-hydrogen) atoms. The van der Waals surface area contributed by atoms with Crippen LogP contribution in [0.25, 0.3) is 0 Å². The van der Waals surface area contributed by atoms with Crippen LogP contribution in [0.3, 0.4) is 0 Å². The minimum atomic E-state index is -5.08. The highest BCUT2D eigenvalue weighted by molar-refractivity contribution is 5.73. The van der Waals surface area contributed by atoms with Crippen molar-refractivity contribution in [1.29, 1.82) is 5.26 Å². The number of aliphatic carboxylic acids is 2. The van der Waals surface area contributed by atoms with Crippen LogP contribution in [0.15, 0.2) is 48.5 Å². The van der Waals surface area contributed by atoms with E-state index in [1.54, 1.807) is 0 Å². The summed E-state index contributed by atoms with van der Waals surface area (Å²) in [5.41, 5.74) is 4.59. The normalized spacial score (nSPS) is 20.3. The Kier molecular flexibility index (Phi) is 8.70. The summed E-state index contributed by atoms with van der Waals surface area (Å²) < 4.78 is 63.5. The van der Waals surface area contributed by atoms with Crippen molar-refractivity contribution in [3.63, 3.8) is 0 Å². The molecule has 0 aromatic heterocycles. The van der Waals surface area contributed by atoms with E-state index >= 15 is 0 Å². The number of nitrogens with zero attached hydrogens (tertiary/aromatic N) is 1. The topological polar surface area (TPSA) is 122 Å². The number of carboxylic acids is 2. The van der Waals surface area contributed by atoms with Crippen molar-refractivity contribution in [3.8, 4) is 6.07 Å². The zero-order valence-electron chi connectivity index (χ0n) is 17.7. The van der Waals surface area contributed by atoms with Crippen molar-refractivity contribution in [1.82, 2.24) is 5.32 Å². The number of fused-ring (bicyclic) bond motifs is 3. The van der Waals surface area contributed by atoms with E-state index in [1.807, 2.05) is 12.1 Å². The van der Waals surface area contributed by atoms with Gasteiger partial charge in [0.1, 0.15) is 0 Å². The van der Waals surface area contributed by atoms with E-state index in [1.165, 1.54) is 23.2 Å². The van der Waals surface area contributed by atoms with Gasteiger partial charge in [-0.05, 0) is 42.3 Å². The number of hydrogen-bond donors (Lipinski definition) is 4. The van der Waals surface area contributed by atoms with Gasteiger partial charge < -0.3 is 20.8 Å². The maximum Gasteiger partial charge on any atom is 0.490 e. The number of anilines is 1. The lowest BCUT2D eigenvalue weighted by molar-refractivity contribution is -0.193. The van der Waals surface area contributed by atoms with E-state index in [0.717, 1.165) is 12.1 Å². The second-order valence-corrected chi connectivity index (χ2v) is 7.43. The molecule has 0 saturated carbocycles. The molecule has 0 amide bonds. The Bertz CT molecular complexity index is 1060. The number of carboxylic acid groups (broad SMARTS) is 2. The molecule has 1 saturated heterocycles. The second-order valence-electron chi connectivity index (χ2n) is 7.43. The Balaban J connectivity index is 0.000000257. The van der Waals surface area contributed by atoms with Gasteiger partial charge in [-0.15, -0.1) is 0 Å². The minimum absolute atomic E-state index is 0.313. The van der Waals surface area contributed by atoms with Crippen LogP contribution in [0.2, 0.25) is 0 Å². The molecule has 13 heteroatoms. The summed E-state index contributed by atoms with van der Waals surface area (Å²) in [5, 5.41) is 30.5. The molecule has 4 N–H and O–H groups in total. The average Bonchev–Trinajstić information content (AvgIpc) is 3.28. The molecule has 188 valence electrons. The molecule has 0 aliphatic carbocycles. The Morgan fingerprint density at radius 2 is 1.40 bits per heavy atom. The summed E-state index contributed by atoms with van der Waals surface area (Å²) in [6, 6.07) is 19.5. The first-order valence-electron chi connectivity index (χ1n) is 9.94. The molecule has 0 bridgehead atoms.